The quantitative estimate of drug-likeness (QED) is 0.836. The highest BCUT2D eigenvalue weighted by atomic mass is 35.5. The first-order valence-electron chi connectivity index (χ1n) is 7.81. The second kappa shape index (κ2) is 5.80. The summed E-state index contributed by atoms with van der Waals surface area (Å²) in [7, 11) is 0. The van der Waals surface area contributed by atoms with Crippen LogP contribution in [0.1, 0.15) is 11.1 Å². The molecule has 5 heteroatoms. The SMILES string of the molecule is O=C1Cc2ccc(Cl)cc2C=C1N1CCN(c2ccccc2)C1=O. The van der Waals surface area contributed by atoms with Crippen molar-refractivity contribution in [3.63, 3.8) is 0 Å². The average Bonchev–Trinajstić information content (AvgIpc) is 2.97. The molecule has 2 aliphatic rings. The van der Waals surface area contributed by atoms with Gasteiger partial charge in [-0.2, -0.15) is 0 Å². The number of allylic oxidation sites excluding steroid dienone is 1. The topological polar surface area (TPSA) is 40.6 Å². The van der Waals surface area contributed by atoms with Crippen LogP contribution in [0.5, 0.6) is 0 Å². The van der Waals surface area contributed by atoms with Crippen molar-refractivity contribution in [2.45, 2.75) is 6.42 Å². The summed E-state index contributed by atoms with van der Waals surface area (Å²) in [5, 5.41) is 0.623. The van der Waals surface area contributed by atoms with Gasteiger partial charge in [-0.3, -0.25) is 14.6 Å². The third-order valence-electron chi connectivity index (χ3n) is 4.40. The second-order valence-corrected chi connectivity index (χ2v) is 6.33. The van der Waals surface area contributed by atoms with E-state index in [0.29, 0.717) is 30.2 Å². The number of anilines is 1. The molecule has 1 fully saturated rings. The van der Waals surface area contributed by atoms with Crippen LogP contribution in [0.15, 0.2) is 54.2 Å². The van der Waals surface area contributed by atoms with Crippen LogP contribution in [0.3, 0.4) is 0 Å². The molecule has 0 radical (unpaired) electrons. The number of Topliss-reactive ketones (excluding diaryl/α,β-unsaturated/α-hetero) is 1. The lowest BCUT2D eigenvalue weighted by atomic mass is 9.94. The second-order valence-electron chi connectivity index (χ2n) is 5.89. The molecule has 1 saturated heterocycles. The normalized spacial score (nSPS) is 17.1. The fourth-order valence-electron chi connectivity index (χ4n) is 3.19. The number of carbonyl (C=O) groups excluding carboxylic acids is 2. The van der Waals surface area contributed by atoms with Gasteiger partial charge in [0, 0.05) is 30.2 Å². The summed E-state index contributed by atoms with van der Waals surface area (Å²) in [5.41, 5.74) is 3.15. The molecule has 1 aliphatic carbocycles. The molecule has 2 aromatic carbocycles. The van der Waals surface area contributed by atoms with Gasteiger partial charge in [0.1, 0.15) is 0 Å². The number of amides is 2. The van der Waals surface area contributed by atoms with Crippen molar-refractivity contribution >= 4 is 35.2 Å². The number of urea groups is 1. The van der Waals surface area contributed by atoms with Crippen LogP contribution < -0.4 is 4.90 Å². The maximum absolute atomic E-state index is 12.8. The fraction of sp³-hybridized carbons (Fsp3) is 0.158. The van der Waals surface area contributed by atoms with Gasteiger partial charge in [-0.25, -0.2) is 4.79 Å². The molecule has 0 bridgehead atoms. The first-order chi connectivity index (χ1) is 11.6. The lowest BCUT2D eigenvalue weighted by Crippen LogP contribution is -2.35. The Kier molecular flexibility index (Phi) is 3.62. The highest BCUT2D eigenvalue weighted by Gasteiger charge is 2.35. The van der Waals surface area contributed by atoms with E-state index in [2.05, 4.69) is 0 Å². The maximum Gasteiger partial charge on any atom is 0.329 e. The lowest BCUT2D eigenvalue weighted by molar-refractivity contribution is -0.116. The monoisotopic (exact) mass is 338 g/mol. The third kappa shape index (κ3) is 2.49. The first-order valence-corrected chi connectivity index (χ1v) is 8.19. The van der Waals surface area contributed by atoms with Crippen molar-refractivity contribution in [2.75, 3.05) is 18.0 Å². The highest BCUT2D eigenvalue weighted by molar-refractivity contribution is 6.30. The van der Waals surface area contributed by atoms with Crippen molar-refractivity contribution in [2.24, 2.45) is 0 Å². The Morgan fingerprint density at radius 1 is 0.917 bits per heavy atom. The minimum Gasteiger partial charge on any atom is -0.292 e. The molecule has 4 rings (SSSR count). The maximum atomic E-state index is 12.8. The van der Waals surface area contributed by atoms with Gasteiger partial charge in [0.05, 0.1) is 5.70 Å². The van der Waals surface area contributed by atoms with E-state index in [4.69, 9.17) is 11.6 Å². The Morgan fingerprint density at radius 3 is 2.46 bits per heavy atom. The number of nitrogens with zero attached hydrogens (tertiary/aromatic N) is 2. The molecule has 2 amide bonds. The van der Waals surface area contributed by atoms with Gasteiger partial charge in [-0.1, -0.05) is 35.9 Å². The Labute approximate surface area is 144 Å². The van der Waals surface area contributed by atoms with Gasteiger partial charge in [-0.05, 0) is 41.5 Å². The van der Waals surface area contributed by atoms with Crippen LogP contribution in [0.2, 0.25) is 5.02 Å². The zero-order valence-electron chi connectivity index (χ0n) is 12.9. The van der Waals surface area contributed by atoms with Crippen LogP contribution in [0.4, 0.5) is 10.5 Å². The molecule has 1 aliphatic heterocycles. The zero-order valence-corrected chi connectivity index (χ0v) is 13.7. The summed E-state index contributed by atoms with van der Waals surface area (Å²) in [6, 6.07) is 14.8. The Hall–Kier alpha value is -2.59. The minimum absolute atomic E-state index is 0.0342. The summed E-state index contributed by atoms with van der Waals surface area (Å²) in [5.74, 6) is -0.0342. The van der Waals surface area contributed by atoms with Crippen molar-refractivity contribution in [1.29, 1.82) is 0 Å². The van der Waals surface area contributed by atoms with Crippen LogP contribution >= 0.6 is 11.6 Å². The van der Waals surface area contributed by atoms with Crippen LogP contribution in [-0.2, 0) is 11.2 Å². The van der Waals surface area contributed by atoms with E-state index in [1.165, 1.54) is 0 Å². The van der Waals surface area contributed by atoms with E-state index in [1.807, 2.05) is 42.5 Å². The Balaban J connectivity index is 1.67. The van der Waals surface area contributed by atoms with E-state index >= 15 is 0 Å². The van der Waals surface area contributed by atoms with Crippen molar-refractivity contribution in [3.05, 3.63) is 70.4 Å². The predicted octanol–water partition coefficient (Wildman–Crippen LogP) is 3.75. The van der Waals surface area contributed by atoms with Crippen molar-refractivity contribution in [3.8, 4) is 0 Å². The third-order valence-corrected chi connectivity index (χ3v) is 4.64. The number of fused-ring (bicyclic) bond motifs is 1. The highest BCUT2D eigenvalue weighted by Crippen LogP contribution is 2.29. The van der Waals surface area contributed by atoms with Gasteiger partial charge < -0.3 is 0 Å². The van der Waals surface area contributed by atoms with Gasteiger partial charge >= 0.3 is 6.03 Å². The summed E-state index contributed by atoms with van der Waals surface area (Å²) in [6.45, 7) is 1.07. The molecule has 2 aromatic rings. The number of para-hydroxylation sites is 1. The summed E-state index contributed by atoms with van der Waals surface area (Å²) in [4.78, 5) is 28.5. The van der Waals surface area contributed by atoms with Crippen molar-refractivity contribution < 1.29 is 9.59 Å². The van der Waals surface area contributed by atoms with Crippen LogP contribution in [-0.4, -0.2) is 29.8 Å². The largest absolute Gasteiger partial charge is 0.329 e. The summed E-state index contributed by atoms with van der Waals surface area (Å²) >= 11 is 6.05. The van der Waals surface area contributed by atoms with Crippen LogP contribution in [0.25, 0.3) is 6.08 Å². The Morgan fingerprint density at radius 2 is 1.67 bits per heavy atom. The number of halogens is 1. The molecular formula is C19H15ClN2O2. The van der Waals surface area contributed by atoms with E-state index < -0.39 is 0 Å². The first kappa shape index (κ1) is 15.0. The fourth-order valence-corrected chi connectivity index (χ4v) is 3.37. The molecule has 24 heavy (non-hydrogen) atoms. The molecule has 0 N–H and O–H groups in total. The number of hydrogen-bond acceptors (Lipinski definition) is 2. The zero-order chi connectivity index (χ0) is 16.7. The number of hydrogen-bond donors (Lipinski definition) is 0. The molecule has 0 aromatic heterocycles. The molecule has 4 nitrogen and oxygen atoms in total. The molecule has 0 atom stereocenters. The van der Waals surface area contributed by atoms with E-state index in [9.17, 15) is 9.59 Å². The molecule has 0 spiro atoms. The van der Waals surface area contributed by atoms with Gasteiger partial charge in [-0.15, -0.1) is 0 Å². The number of benzene rings is 2. The average molecular weight is 339 g/mol. The predicted molar refractivity (Wildman–Crippen MR) is 94.0 cm³/mol. The smallest absolute Gasteiger partial charge is 0.292 e. The van der Waals surface area contributed by atoms with Gasteiger partial charge in [0.25, 0.3) is 0 Å². The molecule has 0 saturated carbocycles. The molecule has 120 valence electrons. The summed E-state index contributed by atoms with van der Waals surface area (Å²) in [6.07, 6.45) is 2.08. The Bertz CT molecular complexity index is 861. The number of rotatable bonds is 2. The number of carbonyl (C=O) groups is 2. The number of ketones is 1. The molecular weight excluding hydrogens is 324 g/mol. The standard InChI is InChI=1S/C19H15ClN2O2/c20-15-7-6-13-12-18(23)17(11-14(13)10-15)22-9-8-21(19(22)24)16-4-2-1-3-5-16/h1-7,10-11H,8-9,12H2. The summed E-state index contributed by atoms with van der Waals surface area (Å²) < 4.78 is 0. The van der Waals surface area contributed by atoms with E-state index in [-0.39, 0.29) is 11.8 Å². The van der Waals surface area contributed by atoms with Gasteiger partial charge in [0.2, 0.25) is 0 Å². The lowest BCUT2D eigenvalue weighted by Gasteiger charge is -2.23. The molecule has 0 unspecified atom stereocenters. The van der Waals surface area contributed by atoms with E-state index in [1.54, 1.807) is 21.9 Å². The van der Waals surface area contributed by atoms with Gasteiger partial charge in [0.15, 0.2) is 5.78 Å². The van der Waals surface area contributed by atoms with E-state index in [0.717, 1.165) is 16.8 Å². The molecule has 1 heterocycles. The van der Waals surface area contributed by atoms with Crippen molar-refractivity contribution in [1.82, 2.24) is 4.90 Å². The minimum atomic E-state index is -0.161. The van der Waals surface area contributed by atoms with Crippen LogP contribution in [0, 0.1) is 0 Å².